The Balaban J connectivity index is 2.60. The van der Waals surface area contributed by atoms with Crippen LogP contribution in [-0.4, -0.2) is 24.2 Å². The van der Waals surface area contributed by atoms with E-state index in [0.717, 1.165) is 5.56 Å². The van der Waals surface area contributed by atoms with Gasteiger partial charge in [-0.2, -0.15) is 0 Å². The summed E-state index contributed by atoms with van der Waals surface area (Å²) in [5.41, 5.74) is 1.65. The molecule has 0 saturated carbocycles. The van der Waals surface area contributed by atoms with Crippen LogP contribution >= 0.6 is 0 Å². The van der Waals surface area contributed by atoms with E-state index in [2.05, 4.69) is 5.32 Å². The lowest BCUT2D eigenvalue weighted by Gasteiger charge is -2.21. The molecule has 0 amide bonds. The first kappa shape index (κ1) is 8.87. The molecule has 1 aliphatic heterocycles. The summed E-state index contributed by atoms with van der Waals surface area (Å²) < 4.78 is 5.34. The van der Waals surface area contributed by atoms with Gasteiger partial charge in [0, 0.05) is 6.54 Å². The summed E-state index contributed by atoms with van der Waals surface area (Å²) in [6.07, 6.45) is 0. The third-order valence-electron chi connectivity index (χ3n) is 2.25. The lowest BCUT2D eigenvalue weighted by Crippen LogP contribution is -2.21. The molecule has 1 aliphatic rings. The van der Waals surface area contributed by atoms with E-state index in [1.54, 1.807) is 19.1 Å². The van der Waals surface area contributed by atoms with Gasteiger partial charge in [0.05, 0.1) is 11.3 Å². The highest BCUT2D eigenvalue weighted by Crippen LogP contribution is 2.32. The molecule has 0 bridgehead atoms. The number of nitrogens with one attached hydrogen (secondary N) is 1. The number of hydrogen-bond acceptors (Lipinski definition) is 3. The highest BCUT2D eigenvalue weighted by Gasteiger charge is 2.20. The van der Waals surface area contributed by atoms with E-state index in [1.807, 2.05) is 0 Å². The fourth-order valence-corrected chi connectivity index (χ4v) is 1.60. The van der Waals surface area contributed by atoms with Gasteiger partial charge in [0.25, 0.3) is 0 Å². The Morgan fingerprint density at radius 2 is 2.36 bits per heavy atom. The second-order valence-electron chi connectivity index (χ2n) is 3.21. The van der Waals surface area contributed by atoms with Crippen LogP contribution in [0.1, 0.15) is 15.9 Å². The Morgan fingerprint density at radius 3 is 3.07 bits per heavy atom. The Labute approximate surface area is 81.5 Å². The third kappa shape index (κ3) is 1.28. The molecule has 0 saturated heterocycles. The van der Waals surface area contributed by atoms with Crippen molar-refractivity contribution in [1.82, 2.24) is 0 Å². The van der Waals surface area contributed by atoms with Gasteiger partial charge in [-0.15, -0.1) is 0 Å². The van der Waals surface area contributed by atoms with Crippen molar-refractivity contribution >= 4 is 11.7 Å². The molecule has 0 aliphatic carbocycles. The number of rotatable bonds is 1. The first-order valence-corrected chi connectivity index (χ1v) is 4.43. The maximum Gasteiger partial charge on any atom is 0.338 e. The first-order valence-electron chi connectivity index (χ1n) is 4.43. The van der Waals surface area contributed by atoms with Gasteiger partial charge in [-0.3, -0.25) is 0 Å². The SMILES string of the molecule is Cc1ccc2c(c1C(=O)O)NCCO2. The molecule has 0 aromatic heterocycles. The first-order chi connectivity index (χ1) is 6.70. The van der Waals surface area contributed by atoms with Crippen molar-refractivity contribution in [3.8, 4) is 5.75 Å². The molecular weight excluding hydrogens is 182 g/mol. The van der Waals surface area contributed by atoms with Crippen LogP contribution in [0.3, 0.4) is 0 Å². The highest BCUT2D eigenvalue weighted by atomic mass is 16.5. The number of carboxylic acid groups (broad SMARTS) is 1. The summed E-state index contributed by atoms with van der Waals surface area (Å²) in [6.45, 7) is 3.01. The minimum absolute atomic E-state index is 0.308. The lowest BCUT2D eigenvalue weighted by atomic mass is 10.1. The zero-order valence-corrected chi connectivity index (χ0v) is 7.83. The zero-order valence-electron chi connectivity index (χ0n) is 7.83. The molecule has 4 heteroatoms. The predicted octanol–water partition coefficient (Wildman–Crippen LogP) is 1.50. The number of carbonyl (C=O) groups is 1. The van der Waals surface area contributed by atoms with Crippen molar-refractivity contribution in [2.75, 3.05) is 18.5 Å². The van der Waals surface area contributed by atoms with Gasteiger partial charge in [-0.25, -0.2) is 4.79 Å². The number of ether oxygens (including phenoxy) is 1. The van der Waals surface area contributed by atoms with Crippen molar-refractivity contribution in [2.24, 2.45) is 0 Å². The minimum Gasteiger partial charge on any atom is -0.490 e. The van der Waals surface area contributed by atoms with E-state index < -0.39 is 5.97 Å². The molecule has 0 spiro atoms. The van der Waals surface area contributed by atoms with Crippen molar-refractivity contribution in [1.29, 1.82) is 0 Å². The molecule has 2 N–H and O–H groups in total. The van der Waals surface area contributed by atoms with Crippen LogP contribution in [-0.2, 0) is 0 Å². The zero-order chi connectivity index (χ0) is 10.1. The van der Waals surface area contributed by atoms with Gasteiger partial charge in [0.15, 0.2) is 0 Å². The largest absolute Gasteiger partial charge is 0.490 e. The second-order valence-corrected chi connectivity index (χ2v) is 3.21. The molecule has 0 unspecified atom stereocenters. The normalized spacial score (nSPS) is 13.8. The Hall–Kier alpha value is -1.71. The van der Waals surface area contributed by atoms with Crippen molar-refractivity contribution in [3.05, 3.63) is 23.3 Å². The lowest BCUT2D eigenvalue weighted by molar-refractivity contribution is 0.0696. The van der Waals surface area contributed by atoms with Crippen molar-refractivity contribution in [2.45, 2.75) is 6.92 Å². The average molecular weight is 193 g/mol. The number of benzene rings is 1. The molecule has 1 aromatic rings. The second kappa shape index (κ2) is 3.21. The topological polar surface area (TPSA) is 58.6 Å². The molecule has 1 aromatic carbocycles. The number of carboxylic acids is 1. The summed E-state index contributed by atoms with van der Waals surface area (Å²) in [7, 11) is 0. The molecule has 74 valence electrons. The molecule has 1 heterocycles. The van der Waals surface area contributed by atoms with E-state index in [4.69, 9.17) is 9.84 Å². The number of anilines is 1. The molecule has 0 fully saturated rings. The Kier molecular flexibility index (Phi) is 2.04. The van der Waals surface area contributed by atoms with Crippen molar-refractivity contribution < 1.29 is 14.6 Å². The Bertz CT molecular complexity index is 387. The molecule has 14 heavy (non-hydrogen) atoms. The molecule has 2 rings (SSSR count). The van der Waals surface area contributed by atoms with Crippen LogP contribution in [0.25, 0.3) is 0 Å². The van der Waals surface area contributed by atoms with Gasteiger partial charge in [0.1, 0.15) is 12.4 Å². The van der Waals surface area contributed by atoms with Crippen LogP contribution in [0, 0.1) is 6.92 Å². The van der Waals surface area contributed by atoms with Gasteiger partial charge in [-0.05, 0) is 18.6 Å². The van der Waals surface area contributed by atoms with E-state index in [0.29, 0.717) is 30.2 Å². The van der Waals surface area contributed by atoms with Gasteiger partial charge >= 0.3 is 5.97 Å². The summed E-state index contributed by atoms with van der Waals surface area (Å²) in [5.74, 6) is -0.295. The summed E-state index contributed by atoms with van der Waals surface area (Å²) >= 11 is 0. The fourth-order valence-electron chi connectivity index (χ4n) is 1.60. The summed E-state index contributed by atoms with van der Waals surface area (Å²) in [6, 6.07) is 3.55. The smallest absolute Gasteiger partial charge is 0.338 e. The van der Waals surface area contributed by atoms with E-state index in [-0.39, 0.29) is 0 Å². The predicted molar refractivity (Wildman–Crippen MR) is 52.1 cm³/mol. The van der Waals surface area contributed by atoms with E-state index in [9.17, 15) is 4.79 Å². The van der Waals surface area contributed by atoms with Gasteiger partial charge in [-0.1, -0.05) is 6.07 Å². The van der Waals surface area contributed by atoms with Crippen LogP contribution in [0.4, 0.5) is 5.69 Å². The van der Waals surface area contributed by atoms with E-state index >= 15 is 0 Å². The average Bonchev–Trinajstić information content (AvgIpc) is 2.17. The molecule has 4 nitrogen and oxygen atoms in total. The van der Waals surface area contributed by atoms with Crippen LogP contribution in [0.15, 0.2) is 12.1 Å². The maximum atomic E-state index is 11.0. The quantitative estimate of drug-likeness (QED) is 0.709. The molecular formula is C10H11NO3. The highest BCUT2D eigenvalue weighted by molar-refractivity contribution is 5.97. The summed E-state index contributed by atoms with van der Waals surface area (Å²) in [4.78, 5) is 11.0. The van der Waals surface area contributed by atoms with Crippen LogP contribution in [0.5, 0.6) is 5.75 Å². The van der Waals surface area contributed by atoms with Crippen molar-refractivity contribution in [3.63, 3.8) is 0 Å². The summed E-state index contributed by atoms with van der Waals surface area (Å²) in [5, 5.41) is 12.1. The van der Waals surface area contributed by atoms with Crippen LogP contribution in [0.2, 0.25) is 0 Å². The fraction of sp³-hybridized carbons (Fsp3) is 0.300. The maximum absolute atomic E-state index is 11.0. The number of aryl methyl sites for hydroxylation is 1. The van der Waals surface area contributed by atoms with Crippen LogP contribution < -0.4 is 10.1 Å². The molecule has 0 radical (unpaired) electrons. The van der Waals surface area contributed by atoms with E-state index in [1.165, 1.54) is 0 Å². The third-order valence-corrected chi connectivity index (χ3v) is 2.25. The number of fused-ring (bicyclic) bond motifs is 1. The minimum atomic E-state index is -0.919. The number of aromatic carboxylic acids is 1. The number of hydrogen-bond donors (Lipinski definition) is 2. The van der Waals surface area contributed by atoms with Gasteiger partial charge in [0.2, 0.25) is 0 Å². The Morgan fingerprint density at radius 1 is 1.57 bits per heavy atom. The molecule has 0 atom stereocenters. The van der Waals surface area contributed by atoms with Gasteiger partial charge < -0.3 is 15.2 Å². The monoisotopic (exact) mass is 193 g/mol. The standard InChI is InChI=1S/C10H11NO3/c1-6-2-3-7-9(8(6)10(12)13)11-4-5-14-7/h2-3,11H,4-5H2,1H3,(H,12,13).